The maximum atomic E-state index is 9.71. The summed E-state index contributed by atoms with van der Waals surface area (Å²) in [5.41, 5.74) is -0.234. The average molecular weight is 224 g/mol. The highest BCUT2D eigenvalue weighted by Gasteiger charge is 2.45. The highest BCUT2D eigenvalue weighted by Crippen LogP contribution is 2.40. The van der Waals surface area contributed by atoms with Crippen molar-refractivity contribution in [1.29, 1.82) is 0 Å². The minimum absolute atomic E-state index is 0.149. The number of nitrogens with one attached hydrogen (secondary N) is 1. The van der Waals surface area contributed by atoms with Gasteiger partial charge in [0.25, 0.3) is 0 Å². The van der Waals surface area contributed by atoms with Crippen molar-refractivity contribution in [3.05, 3.63) is 12.7 Å². The van der Waals surface area contributed by atoms with Crippen molar-refractivity contribution in [2.75, 3.05) is 6.61 Å². The van der Waals surface area contributed by atoms with Crippen LogP contribution in [0.15, 0.2) is 12.7 Å². The summed E-state index contributed by atoms with van der Waals surface area (Å²) in [5, 5.41) is 17.3. The molecular weight excluding hydrogens is 204 g/mol. The molecule has 1 heterocycles. The molecule has 90 valence electrons. The van der Waals surface area contributed by atoms with Crippen LogP contribution in [0.3, 0.4) is 0 Å². The number of hydrogen-bond acceptors (Lipinski definition) is 4. The molecule has 0 radical (unpaired) electrons. The van der Waals surface area contributed by atoms with Gasteiger partial charge in [0.1, 0.15) is 12.7 Å². The first kappa shape index (κ1) is 11.5. The topological polar surface area (TPSA) is 63.0 Å². The molecule has 1 unspecified atom stereocenters. The minimum Gasteiger partial charge on any atom is -0.394 e. The normalized spacial score (nSPS) is 20.0. The van der Waals surface area contributed by atoms with Gasteiger partial charge in [-0.1, -0.05) is 13.8 Å². The summed E-state index contributed by atoms with van der Waals surface area (Å²) in [4.78, 5) is 3.94. The van der Waals surface area contributed by atoms with Crippen molar-refractivity contribution in [3.63, 3.8) is 0 Å². The first-order valence-corrected chi connectivity index (χ1v) is 5.87. The van der Waals surface area contributed by atoms with Gasteiger partial charge < -0.3 is 10.4 Å². The number of rotatable bonds is 6. The predicted octanol–water partition coefficient (Wildman–Crippen LogP) is 0.417. The van der Waals surface area contributed by atoms with Gasteiger partial charge in [0.15, 0.2) is 0 Å². The Hall–Kier alpha value is -0.940. The second kappa shape index (κ2) is 4.51. The van der Waals surface area contributed by atoms with Crippen LogP contribution in [0.5, 0.6) is 0 Å². The lowest BCUT2D eigenvalue weighted by atomic mass is 9.93. The molecule has 1 saturated carbocycles. The van der Waals surface area contributed by atoms with E-state index >= 15 is 0 Å². The number of aliphatic hydroxyl groups excluding tert-OH is 1. The lowest BCUT2D eigenvalue weighted by molar-refractivity contribution is 0.109. The van der Waals surface area contributed by atoms with E-state index in [0.29, 0.717) is 18.5 Å². The van der Waals surface area contributed by atoms with Gasteiger partial charge in [-0.15, -0.1) is 0 Å². The van der Waals surface area contributed by atoms with Gasteiger partial charge in [0.05, 0.1) is 18.7 Å². The number of aliphatic hydroxyl groups is 1. The fourth-order valence-electron chi connectivity index (χ4n) is 2.33. The van der Waals surface area contributed by atoms with Gasteiger partial charge in [0, 0.05) is 6.04 Å². The molecule has 1 aromatic rings. The molecule has 1 aliphatic carbocycles. The molecule has 1 aromatic heterocycles. The largest absolute Gasteiger partial charge is 0.394 e. The lowest BCUT2D eigenvalue weighted by Crippen LogP contribution is -2.56. The van der Waals surface area contributed by atoms with E-state index in [1.54, 1.807) is 11.0 Å². The minimum atomic E-state index is -0.234. The second-order valence-electron chi connectivity index (χ2n) is 4.98. The van der Waals surface area contributed by atoms with Gasteiger partial charge in [-0.05, 0) is 18.8 Å². The first-order chi connectivity index (χ1) is 7.66. The van der Waals surface area contributed by atoms with Crippen LogP contribution in [0, 0.1) is 5.92 Å². The Bertz CT molecular complexity index is 321. The molecule has 0 saturated heterocycles. The van der Waals surface area contributed by atoms with Crippen LogP contribution in [0.4, 0.5) is 0 Å². The Morgan fingerprint density at radius 2 is 2.31 bits per heavy atom. The standard InChI is InChI=1S/C11H20N4O/c1-9(2)14-11(6-16,10-3-4-10)5-15-8-12-7-13-15/h7-10,14,16H,3-6H2,1-2H3. The monoisotopic (exact) mass is 224 g/mol. The zero-order valence-corrected chi connectivity index (χ0v) is 9.93. The van der Waals surface area contributed by atoms with Crippen molar-refractivity contribution >= 4 is 0 Å². The highest BCUT2D eigenvalue weighted by atomic mass is 16.3. The van der Waals surface area contributed by atoms with Crippen molar-refractivity contribution in [1.82, 2.24) is 20.1 Å². The van der Waals surface area contributed by atoms with E-state index in [2.05, 4.69) is 29.2 Å². The average Bonchev–Trinajstić information content (AvgIpc) is 2.98. The Morgan fingerprint density at radius 3 is 2.75 bits per heavy atom. The zero-order chi connectivity index (χ0) is 11.6. The summed E-state index contributed by atoms with van der Waals surface area (Å²) in [6.07, 6.45) is 5.61. The summed E-state index contributed by atoms with van der Waals surface area (Å²) in [5.74, 6) is 0.559. The molecule has 2 rings (SSSR count). The van der Waals surface area contributed by atoms with Crippen LogP contribution in [-0.4, -0.2) is 38.1 Å². The van der Waals surface area contributed by atoms with E-state index < -0.39 is 0 Å². The van der Waals surface area contributed by atoms with Crippen molar-refractivity contribution in [3.8, 4) is 0 Å². The van der Waals surface area contributed by atoms with E-state index in [1.807, 2.05) is 0 Å². The molecular formula is C11H20N4O. The van der Waals surface area contributed by atoms with Crippen LogP contribution in [-0.2, 0) is 6.54 Å². The van der Waals surface area contributed by atoms with Crippen LogP contribution in [0.25, 0.3) is 0 Å². The number of hydrogen-bond donors (Lipinski definition) is 2. The molecule has 1 fully saturated rings. The summed E-state index contributed by atoms with van der Waals surface area (Å²) in [6, 6.07) is 0.358. The van der Waals surface area contributed by atoms with Crippen LogP contribution in [0.2, 0.25) is 0 Å². The third-order valence-electron chi connectivity index (χ3n) is 3.13. The Balaban J connectivity index is 2.12. The maximum absolute atomic E-state index is 9.71. The summed E-state index contributed by atoms with van der Waals surface area (Å²) < 4.78 is 1.80. The number of aromatic nitrogens is 3. The quantitative estimate of drug-likeness (QED) is 0.735. The maximum Gasteiger partial charge on any atom is 0.137 e. The molecule has 1 atom stereocenters. The fraction of sp³-hybridized carbons (Fsp3) is 0.818. The van der Waals surface area contributed by atoms with E-state index in [-0.39, 0.29) is 12.1 Å². The molecule has 0 aromatic carbocycles. The molecule has 5 nitrogen and oxygen atoms in total. The SMILES string of the molecule is CC(C)NC(CO)(Cn1cncn1)C1CC1. The smallest absolute Gasteiger partial charge is 0.137 e. The van der Waals surface area contributed by atoms with E-state index in [1.165, 1.54) is 19.2 Å². The van der Waals surface area contributed by atoms with Crippen molar-refractivity contribution < 1.29 is 5.11 Å². The van der Waals surface area contributed by atoms with Gasteiger partial charge in [-0.2, -0.15) is 5.10 Å². The molecule has 5 heteroatoms. The number of nitrogens with zero attached hydrogens (tertiary/aromatic N) is 3. The van der Waals surface area contributed by atoms with Crippen LogP contribution < -0.4 is 5.32 Å². The zero-order valence-electron chi connectivity index (χ0n) is 9.93. The second-order valence-corrected chi connectivity index (χ2v) is 4.98. The Kier molecular flexibility index (Phi) is 3.25. The summed E-state index contributed by atoms with van der Waals surface area (Å²) in [6.45, 7) is 5.05. The third kappa shape index (κ3) is 2.41. The summed E-state index contributed by atoms with van der Waals surface area (Å²) in [7, 11) is 0. The summed E-state index contributed by atoms with van der Waals surface area (Å²) >= 11 is 0. The Labute approximate surface area is 95.9 Å². The molecule has 2 N–H and O–H groups in total. The molecule has 0 bridgehead atoms. The van der Waals surface area contributed by atoms with Crippen molar-refractivity contribution in [2.45, 2.75) is 44.8 Å². The van der Waals surface area contributed by atoms with Crippen LogP contribution >= 0.6 is 0 Å². The molecule has 1 aliphatic rings. The lowest BCUT2D eigenvalue weighted by Gasteiger charge is -2.35. The first-order valence-electron chi connectivity index (χ1n) is 5.87. The molecule has 0 aliphatic heterocycles. The van der Waals surface area contributed by atoms with Gasteiger partial charge in [-0.25, -0.2) is 4.98 Å². The van der Waals surface area contributed by atoms with Crippen LogP contribution in [0.1, 0.15) is 26.7 Å². The van der Waals surface area contributed by atoms with Gasteiger partial charge in [0.2, 0.25) is 0 Å². The Morgan fingerprint density at radius 1 is 1.56 bits per heavy atom. The van der Waals surface area contributed by atoms with Gasteiger partial charge >= 0.3 is 0 Å². The molecule has 0 amide bonds. The van der Waals surface area contributed by atoms with E-state index in [0.717, 1.165) is 0 Å². The predicted molar refractivity (Wildman–Crippen MR) is 60.8 cm³/mol. The third-order valence-corrected chi connectivity index (χ3v) is 3.13. The van der Waals surface area contributed by atoms with E-state index in [4.69, 9.17) is 0 Å². The molecule has 16 heavy (non-hydrogen) atoms. The van der Waals surface area contributed by atoms with E-state index in [9.17, 15) is 5.11 Å². The molecule has 0 spiro atoms. The van der Waals surface area contributed by atoms with Crippen molar-refractivity contribution in [2.24, 2.45) is 5.92 Å². The highest BCUT2D eigenvalue weighted by molar-refractivity contribution is 5.01. The van der Waals surface area contributed by atoms with Gasteiger partial charge in [-0.3, -0.25) is 4.68 Å². The fourth-order valence-corrected chi connectivity index (χ4v) is 2.33.